The van der Waals surface area contributed by atoms with Gasteiger partial charge in [-0.2, -0.15) is 0 Å². The van der Waals surface area contributed by atoms with E-state index in [1.54, 1.807) is 7.11 Å². The van der Waals surface area contributed by atoms with Crippen LogP contribution in [0.3, 0.4) is 0 Å². The van der Waals surface area contributed by atoms with E-state index in [-0.39, 0.29) is 11.7 Å². The molecule has 0 aromatic rings. The molecule has 1 heterocycles. The maximum absolute atomic E-state index is 11.6. The third-order valence-corrected chi connectivity index (χ3v) is 4.24. The van der Waals surface area contributed by atoms with Gasteiger partial charge in [0.05, 0.1) is 5.75 Å². The van der Waals surface area contributed by atoms with Crippen molar-refractivity contribution in [3.8, 4) is 0 Å². The summed E-state index contributed by atoms with van der Waals surface area (Å²) in [5.41, 5.74) is 0. The number of ether oxygens (including phenoxy) is 1. The lowest BCUT2D eigenvalue weighted by Gasteiger charge is -2.26. The number of hydrogen-bond acceptors (Lipinski definition) is 5. The van der Waals surface area contributed by atoms with Gasteiger partial charge in [0.25, 0.3) is 0 Å². The van der Waals surface area contributed by atoms with Gasteiger partial charge in [-0.3, -0.25) is 4.79 Å². The second-order valence-corrected chi connectivity index (χ2v) is 6.38. The summed E-state index contributed by atoms with van der Waals surface area (Å²) in [7, 11) is -1.68. The minimum Gasteiger partial charge on any atom is -0.385 e. The average Bonchev–Trinajstić information content (AvgIpc) is 2.18. The fourth-order valence-corrected chi connectivity index (χ4v) is 3.15. The zero-order valence-corrected chi connectivity index (χ0v) is 10.9. The van der Waals surface area contributed by atoms with Gasteiger partial charge in [0.1, 0.15) is 5.75 Å². The van der Waals surface area contributed by atoms with Crippen molar-refractivity contribution >= 4 is 15.7 Å². The molecular weight excluding hydrogens is 244 g/mol. The van der Waals surface area contributed by atoms with E-state index in [0.29, 0.717) is 19.6 Å². The van der Waals surface area contributed by atoms with Crippen molar-refractivity contribution in [1.29, 1.82) is 0 Å². The number of nitrogens with one attached hydrogen (secondary N) is 2. The van der Waals surface area contributed by atoms with E-state index >= 15 is 0 Å². The fourth-order valence-electron chi connectivity index (χ4n) is 1.58. The van der Waals surface area contributed by atoms with Crippen molar-refractivity contribution in [2.75, 3.05) is 44.9 Å². The van der Waals surface area contributed by atoms with E-state index in [4.69, 9.17) is 4.74 Å². The Hall–Kier alpha value is -0.660. The first-order chi connectivity index (χ1) is 8.03. The minimum absolute atomic E-state index is 0.103. The van der Waals surface area contributed by atoms with E-state index in [2.05, 4.69) is 10.6 Å². The lowest BCUT2D eigenvalue weighted by molar-refractivity contribution is -0.118. The molecule has 1 aliphatic rings. The van der Waals surface area contributed by atoms with Gasteiger partial charge in [0.2, 0.25) is 5.91 Å². The van der Waals surface area contributed by atoms with Crippen LogP contribution in [0.4, 0.5) is 0 Å². The number of carbonyl (C=O) groups excluding carboxylic acids is 1. The molecule has 0 saturated carbocycles. The molecule has 0 aromatic heterocycles. The Balaban J connectivity index is 2.19. The molecule has 0 atom stereocenters. The van der Waals surface area contributed by atoms with E-state index in [9.17, 15) is 13.2 Å². The molecule has 1 amide bonds. The molecule has 0 aromatic carbocycles. The van der Waals surface area contributed by atoms with Gasteiger partial charge in [0.15, 0.2) is 9.84 Å². The molecule has 17 heavy (non-hydrogen) atoms. The highest BCUT2D eigenvalue weighted by atomic mass is 32.2. The quantitative estimate of drug-likeness (QED) is 0.536. The Morgan fingerprint density at radius 2 is 2.18 bits per heavy atom. The number of carbonyl (C=O) groups is 1. The Morgan fingerprint density at radius 3 is 2.71 bits per heavy atom. The summed E-state index contributed by atoms with van der Waals surface area (Å²) in [5.74, 6) is -0.559. The van der Waals surface area contributed by atoms with Gasteiger partial charge < -0.3 is 15.4 Å². The number of amides is 1. The van der Waals surface area contributed by atoms with Crippen LogP contribution in [0, 0.1) is 5.92 Å². The molecule has 100 valence electrons. The first-order valence-corrected chi connectivity index (χ1v) is 7.52. The summed E-state index contributed by atoms with van der Waals surface area (Å²) < 4.78 is 28.1. The lowest BCUT2D eigenvalue weighted by Crippen LogP contribution is -2.46. The average molecular weight is 264 g/mol. The smallest absolute Gasteiger partial charge is 0.235 e. The third-order valence-electron chi connectivity index (χ3n) is 2.55. The molecule has 0 unspecified atom stereocenters. The Morgan fingerprint density at radius 1 is 1.47 bits per heavy atom. The predicted octanol–water partition coefficient (Wildman–Crippen LogP) is -1.23. The van der Waals surface area contributed by atoms with Gasteiger partial charge in [-0.25, -0.2) is 8.42 Å². The summed E-state index contributed by atoms with van der Waals surface area (Å²) in [6, 6.07) is 0. The van der Waals surface area contributed by atoms with Crippen molar-refractivity contribution in [3.63, 3.8) is 0 Å². The van der Waals surface area contributed by atoms with Crippen LogP contribution in [0.25, 0.3) is 0 Å². The molecule has 0 bridgehead atoms. The van der Waals surface area contributed by atoms with E-state index in [1.165, 1.54) is 0 Å². The molecular formula is C10H20N2O4S. The molecule has 7 heteroatoms. The summed E-state index contributed by atoms with van der Waals surface area (Å²) >= 11 is 0. The third kappa shape index (κ3) is 5.99. The maximum atomic E-state index is 11.6. The molecule has 0 spiro atoms. The molecule has 1 fully saturated rings. The van der Waals surface area contributed by atoms with Crippen LogP contribution >= 0.6 is 0 Å². The number of methoxy groups -OCH3 is 1. The fraction of sp³-hybridized carbons (Fsp3) is 0.900. The van der Waals surface area contributed by atoms with Crippen LogP contribution in [-0.2, 0) is 19.4 Å². The molecule has 2 N–H and O–H groups in total. The summed E-state index contributed by atoms with van der Waals surface area (Å²) in [5, 5.41) is 5.58. The van der Waals surface area contributed by atoms with Crippen molar-refractivity contribution in [3.05, 3.63) is 0 Å². The van der Waals surface area contributed by atoms with Crippen LogP contribution in [0.1, 0.15) is 6.42 Å². The number of sulfone groups is 1. The van der Waals surface area contributed by atoms with Crippen molar-refractivity contribution in [1.82, 2.24) is 10.6 Å². The maximum Gasteiger partial charge on any atom is 0.235 e. The SMILES string of the molecule is COCCCNC(=O)CS(=O)(=O)CC1CNC1. The summed E-state index contributed by atoms with van der Waals surface area (Å²) in [4.78, 5) is 11.4. The largest absolute Gasteiger partial charge is 0.385 e. The van der Waals surface area contributed by atoms with E-state index in [0.717, 1.165) is 13.1 Å². The van der Waals surface area contributed by atoms with Crippen molar-refractivity contribution in [2.24, 2.45) is 5.92 Å². The highest BCUT2D eigenvalue weighted by Crippen LogP contribution is 2.07. The van der Waals surface area contributed by atoms with E-state index < -0.39 is 21.5 Å². The van der Waals surface area contributed by atoms with Gasteiger partial charge in [0, 0.05) is 33.4 Å². The Kier molecular flexibility index (Phi) is 5.87. The first-order valence-electron chi connectivity index (χ1n) is 5.70. The van der Waals surface area contributed by atoms with Gasteiger partial charge >= 0.3 is 0 Å². The summed E-state index contributed by atoms with van der Waals surface area (Å²) in [6.45, 7) is 2.47. The first kappa shape index (κ1) is 14.4. The second-order valence-electron chi connectivity index (χ2n) is 4.28. The second kappa shape index (κ2) is 6.93. The van der Waals surface area contributed by atoms with Crippen molar-refractivity contribution < 1.29 is 17.9 Å². The molecule has 0 aliphatic carbocycles. The highest BCUT2D eigenvalue weighted by Gasteiger charge is 2.25. The van der Waals surface area contributed by atoms with Crippen LogP contribution in [0.5, 0.6) is 0 Å². The monoisotopic (exact) mass is 264 g/mol. The van der Waals surface area contributed by atoms with E-state index in [1.807, 2.05) is 0 Å². The zero-order chi connectivity index (χ0) is 12.7. The molecule has 6 nitrogen and oxygen atoms in total. The highest BCUT2D eigenvalue weighted by molar-refractivity contribution is 7.92. The lowest BCUT2D eigenvalue weighted by atomic mass is 10.1. The number of rotatable bonds is 8. The van der Waals surface area contributed by atoms with Gasteiger partial charge in [-0.15, -0.1) is 0 Å². The molecule has 0 radical (unpaired) electrons. The van der Waals surface area contributed by atoms with Gasteiger partial charge in [-0.1, -0.05) is 0 Å². The number of hydrogen-bond donors (Lipinski definition) is 2. The van der Waals surface area contributed by atoms with Crippen molar-refractivity contribution in [2.45, 2.75) is 6.42 Å². The standard InChI is InChI=1S/C10H20N2O4S/c1-16-4-2-3-12-10(13)8-17(14,15)7-9-5-11-6-9/h9,11H,2-8H2,1H3,(H,12,13). The zero-order valence-electron chi connectivity index (χ0n) is 10.1. The topological polar surface area (TPSA) is 84.5 Å². The summed E-state index contributed by atoms with van der Waals surface area (Å²) in [6.07, 6.45) is 0.689. The Labute approximate surface area is 102 Å². The molecule has 1 aliphatic heterocycles. The predicted molar refractivity (Wildman–Crippen MR) is 64.5 cm³/mol. The Bertz CT molecular complexity index is 338. The normalized spacial score (nSPS) is 16.5. The van der Waals surface area contributed by atoms with Crippen LogP contribution < -0.4 is 10.6 Å². The van der Waals surface area contributed by atoms with Gasteiger partial charge in [-0.05, 0) is 12.3 Å². The van der Waals surface area contributed by atoms with Crippen LogP contribution in [0.15, 0.2) is 0 Å². The minimum atomic E-state index is -3.27. The molecule has 1 rings (SSSR count). The van der Waals surface area contributed by atoms with Crippen LogP contribution in [-0.4, -0.2) is 59.2 Å². The van der Waals surface area contributed by atoms with Crippen LogP contribution in [0.2, 0.25) is 0 Å². The molecule has 1 saturated heterocycles.